The highest BCUT2D eigenvalue weighted by Crippen LogP contribution is 2.20. The van der Waals surface area contributed by atoms with E-state index in [4.69, 9.17) is 22.1 Å². The molecule has 4 rings (SSSR count). The van der Waals surface area contributed by atoms with Crippen LogP contribution in [0.25, 0.3) is 10.9 Å². The minimum atomic E-state index is -1.56. The summed E-state index contributed by atoms with van der Waals surface area (Å²) in [4.78, 5) is 37.8. The molecule has 178 valence electrons. The van der Waals surface area contributed by atoms with Crippen molar-refractivity contribution in [2.45, 2.75) is 17.7 Å². The summed E-state index contributed by atoms with van der Waals surface area (Å²) in [5.74, 6) is -0.295. The van der Waals surface area contributed by atoms with Crippen molar-refractivity contribution in [3.8, 4) is 0 Å². The molecule has 1 aromatic heterocycles. The number of fused-ring (bicyclic) bond motifs is 1. The maximum Gasteiger partial charge on any atom is 0.237 e. The Morgan fingerprint density at radius 2 is 2.06 bits per heavy atom. The van der Waals surface area contributed by atoms with Crippen LogP contribution in [-0.4, -0.2) is 74.4 Å². The van der Waals surface area contributed by atoms with Gasteiger partial charge in [-0.25, -0.2) is 9.97 Å². The van der Waals surface area contributed by atoms with E-state index in [1.165, 1.54) is 13.4 Å². The van der Waals surface area contributed by atoms with Crippen molar-refractivity contribution in [1.29, 1.82) is 0 Å². The zero-order chi connectivity index (χ0) is 24.2. The molecule has 11 heteroatoms. The van der Waals surface area contributed by atoms with Gasteiger partial charge in [0.05, 0.1) is 28.6 Å². The molecule has 2 atom stereocenters. The highest BCUT2D eigenvalue weighted by molar-refractivity contribution is 7.85. The van der Waals surface area contributed by atoms with Crippen molar-refractivity contribution in [3.63, 3.8) is 0 Å². The molecule has 1 aliphatic rings. The number of aromatic nitrogens is 2. The smallest absolute Gasteiger partial charge is 0.237 e. The molecular formula is C23H24ClN5O4S. The second kappa shape index (κ2) is 10.6. The number of Topliss-reactive ketones (excluding diaryl/α,β-unsaturated/α-hetero) is 1. The predicted octanol–water partition coefficient (Wildman–Crippen LogP) is 1.86. The van der Waals surface area contributed by atoms with Gasteiger partial charge in [0.15, 0.2) is 12.0 Å². The number of hydrogen-bond donors (Lipinski definition) is 1. The maximum atomic E-state index is 12.8. The summed E-state index contributed by atoms with van der Waals surface area (Å²) < 4.78 is 18.0. The molecule has 0 radical (unpaired) electrons. The second-order valence-electron chi connectivity index (χ2n) is 7.90. The lowest BCUT2D eigenvalue weighted by molar-refractivity contribution is -0.150. The van der Waals surface area contributed by atoms with Crippen molar-refractivity contribution in [1.82, 2.24) is 19.8 Å². The van der Waals surface area contributed by atoms with Crippen LogP contribution in [0.15, 0.2) is 53.7 Å². The van der Waals surface area contributed by atoms with E-state index in [1.54, 1.807) is 34.1 Å². The zero-order valence-electron chi connectivity index (χ0n) is 18.5. The molecule has 1 saturated heterocycles. The van der Waals surface area contributed by atoms with Gasteiger partial charge >= 0.3 is 0 Å². The van der Waals surface area contributed by atoms with Gasteiger partial charge in [0, 0.05) is 42.0 Å². The Hall–Kier alpha value is -2.92. The van der Waals surface area contributed by atoms with E-state index in [1.807, 2.05) is 18.2 Å². The van der Waals surface area contributed by atoms with E-state index < -0.39 is 17.0 Å². The van der Waals surface area contributed by atoms with E-state index in [9.17, 15) is 13.8 Å². The molecule has 34 heavy (non-hydrogen) atoms. The molecule has 2 aromatic carbocycles. The number of nitrogens with zero attached hydrogens (tertiary/aromatic N) is 4. The van der Waals surface area contributed by atoms with Gasteiger partial charge in [-0.05, 0) is 35.9 Å². The molecule has 0 aliphatic carbocycles. The quantitative estimate of drug-likeness (QED) is 0.497. The van der Waals surface area contributed by atoms with Gasteiger partial charge in [-0.2, -0.15) is 0 Å². The Morgan fingerprint density at radius 3 is 2.79 bits per heavy atom. The average molecular weight is 502 g/mol. The van der Waals surface area contributed by atoms with Gasteiger partial charge in [-0.1, -0.05) is 23.7 Å². The maximum absolute atomic E-state index is 12.8. The highest BCUT2D eigenvalue weighted by Gasteiger charge is 2.33. The first kappa shape index (κ1) is 24.2. The van der Waals surface area contributed by atoms with Gasteiger partial charge < -0.3 is 15.4 Å². The molecule has 2 N–H and O–H groups in total. The Labute approximate surface area is 204 Å². The fourth-order valence-corrected chi connectivity index (χ4v) is 5.22. The van der Waals surface area contributed by atoms with E-state index >= 15 is 0 Å². The zero-order valence-corrected chi connectivity index (χ0v) is 20.1. The summed E-state index contributed by atoms with van der Waals surface area (Å²) in [7, 11) is -0.154. The molecule has 2 unspecified atom stereocenters. The van der Waals surface area contributed by atoms with Crippen LogP contribution in [-0.2, 0) is 31.7 Å². The molecule has 0 bridgehead atoms. The lowest BCUT2D eigenvalue weighted by Gasteiger charge is -2.37. The number of anilines is 1. The van der Waals surface area contributed by atoms with Gasteiger partial charge in [0.2, 0.25) is 5.91 Å². The fraction of sp³-hybridized carbons (Fsp3) is 0.304. The SMILES string of the molecule is COC(C(=O)CS(=O)c1cccc(Cl)c1)N1CCN(Cc2ccc3c(N)ncnc3c2)C(=O)C1. The number of nitrogen functional groups attached to an aromatic ring is 1. The number of amides is 1. The van der Waals surface area contributed by atoms with Gasteiger partial charge in [-0.3, -0.25) is 18.7 Å². The summed E-state index contributed by atoms with van der Waals surface area (Å²) >= 11 is 5.95. The van der Waals surface area contributed by atoms with E-state index in [-0.39, 0.29) is 24.0 Å². The Balaban J connectivity index is 1.38. The van der Waals surface area contributed by atoms with Crippen LogP contribution in [0.3, 0.4) is 0 Å². The number of piperazine rings is 1. The third-order valence-corrected chi connectivity index (χ3v) is 7.18. The van der Waals surface area contributed by atoms with Gasteiger partial charge in [-0.15, -0.1) is 0 Å². The number of carbonyl (C=O) groups excluding carboxylic acids is 2. The monoisotopic (exact) mass is 501 g/mol. The Bertz CT molecular complexity index is 1260. The van der Waals surface area contributed by atoms with Crippen LogP contribution < -0.4 is 5.73 Å². The molecule has 0 saturated carbocycles. The highest BCUT2D eigenvalue weighted by atomic mass is 35.5. The van der Waals surface area contributed by atoms with Gasteiger partial charge in [0.1, 0.15) is 12.1 Å². The summed E-state index contributed by atoms with van der Waals surface area (Å²) in [5, 5.41) is 1.21. The van der Waals surface area contributed by atoms with Crippen molar-refractivity contribution in [2.24, 2.45) is 0 Å². The summed E-state index contributed by atoms with van der Waals surface area (Å²) in [5.41, 5.74) is 7.51. The first-order valence-electron chi connectivity index (χ1n) is 10.6. The lowest BCUT2D eigenvalue weighted by Crippen LogP contribution is -2.56. The number of ketones is 1. The number of rotatable bonds is 8. The normalized spacial score (nSPS) is 16.5. The minimum Gasteiger partial charge on any atom is -0.383 e. The summed E-state index contributed by atoms with van der Waals surface area (Å²) in [6.07, 6.45) is 0.460. The van der Waals surface area contributed by atoms with E-state index in [0.29, 0.717) is 40.9 Å². The van der Waals surface area contributed by atoms with Crippen LogP contribution in [0.5, 0.6) is 0 Å². The van der Waals surface area contributed by atoms with E-state index in [2.05, 4.69) is 9.97 Å². The van der Waals surface area contributed by atoms with Crippen LogP contribution in [0.4, 0.5) is 5.82 Å². The van der Waals surface area contributed by atoms with Crippen molar-refractivity contribution < 1.29 is 18.5 Å². The number of carbonyl (C=O) groups is 2. The van der Waals surface area contributed by atoms with Crippen molar-refractivity contribution in [2.75, 3.05) is 38.2 Å². The third kappa shape index (κ3) is 5.41. The average Bonchev–Trinajstić information content (AvgIpc) is 2.81. The fourth-order valence-electron chi connectivity index (χ4n) is 3.91. The standard InChI is InChI=1S/C23H24ClN5O4S/c1-33-23(20(30)13-34(32)17-4-2-3-16(24)10-17)29-8-7-28(21(31)12-29)11-15-5-6-18-19(9-15)26-14-27-22(18)25/h2-6,9-10,14,23H,7-8,11-13H2,1H3,(H2,25,26,27). The minimum absolute atomic E-state index is 0.0245. The molecule has 1 amide bonds. The van der Waals surface area contributed by atoms with E-state index in [0.717, 1.165) is 10.9 Å². The molecular weight excluding hydrogens is 478 g/mol. The largest absolute Gasteiger partial charge is 0.383 e. The topological polar surface area (TPSA) is 119 Å². The Morgan fingerprint density at radius 1 is 1.24 bits per heavy atom. The first-order valence-corrected chi connectivity index (χ1v) is 12.3. The Kier molecular flexibility index (Phi) is 7.52. The molecule has 1 fully saturated rings. The predicted molar refractivity (Wildman–Crippen MR) is 129 cm³/mol. The van der Waals surface area contributed by atoms with Crippen LogP contribution in [0.2, 0.25) is 5.02 Å². The number of ether oxygens (including phenoxy) is 1. The molecule has 0 spiro atoms. The van der Waals surface area contributed by atoms with Crippen LogP contribution >= 0.6 is 11.6 Å². The number of methoxy groups -OCH3 is 1. The number of halogens is 1. The van der Waals surface area contributed by atoms with Crippen LogP contribution in [0.1, 0.15) is 5.56 Å². The van der Waals surface area contributed by atoms with Gasteiger partial charge in [0.25, 0.3) is 0 Å². The third-order valence-electron chi connectivity index (χ3n) is 5.62. The van der Waals surface area contributed by atoms with Crippen molar-refractivity contribution in [3.05, 3.63) is 59.4 Å². The molecule has 2 heterocycles. The summed E-state index contributed by atoms with van der Waals surface area (Å²) in [6.45, 7) is 1.31. The van der Waals surface area contributed by atoms with Crippen molar-refractivity contribution >= 4 is 50.8 Å². The van der Waals surface area contributed by atoms with Crippen LogP contribution in [0, 0.1) is 0 Å². The number of nitrogens with two attached hydrogens (primary N) is 1. The number of hydrogen-bond acceptors (Lipinski definition) is 8. The summed E-state index contributed by atoms with van der Waals surface area (Å²) in [6, 6.07) is 12.2. The lowest BCUT2D eigenvalue weighted by atomic mass is 10.1. The molecule has 1 aliphatic heterocycles. The molecule has 9 nitrogen and oxygen atoms in total. The molecule has 3 aromatic rings. The first-order chi connectivity index (χ1) is 16.4. The number of benzene rings is 2. The second-order valence-corrected chi connectivity index (χ2v) is 9.79.